The van der Waals surface area contributed by atoms with Gasteiger partial charge in [0.25, 0.3) is 0 Å². The first kappa shape index (κ1) is 16.1. The number of carbonyl (C=O) groups excluding carboxylic acids is 3. The average Bonchev–Trinajstić information content (AvgIpc) is 3.24. The van der Waals surface area contributed by atoms with Gasteiger partial charge < -0.3 is 9.84 Å². The normalized spacial score (nSPS) is 33.2. The van der Waals surface area contributed by atoms with Gasteiger partial charge in [-0.05, 0) is 18.4 Å². The Balaban J connectivity index is 2.13. The summed E-state index contributed by atoms with van der Waals surface area (Å²) in [6.45, 7) is 1.34. The molecule has 2 N–H and O–H groups in total. The number of ether oxygens (including phenoxy) is 1. The first-order valence-electron chi connectivity index (χ1n) is 7.37. The van der Waals surface area contributed by atoms with Gasteiger partial charge in [0.15, 0.2) is 5.54 Å². The molecule has 2 fully saturated rings. The number of likely N-dealkylation sites (tertiary alicyclic amines) is 1. The Morgan fingerprint density at radius 2 is 2.22 bits per heavy atom. The lowest BCUT2D eigenvalue weighted by atomic mass is 9.80. The van der Waals surface area contributed by atoms with Gasteiger partial charge in [0, 0.05) is 11.4 Å². The van der Waals surface area contributed by atoms with Crippen molar-refractivity contribution in [2.45, 2.75) is 18.5 Å². The summed E-state index contributed by atoms with van der Waals surface area (Å²) in [6, 6.07) is 3.18. The lowest BCUT2D eigenvalue weighted by Crippen LogP contribution is -2.58. The number of esters is 1. The summed E-state index contributed by atoms with van der Waals surface area (Å²) in [4.78, 5) is 39.7. The number of thiophene rings is 1. The fourth-order valence-corrected chi connectivity index (χ4v) is 4.49. The Morgan fingerprint density at radius 3 is 2.74 bits per heavy atom. The molecule has 0 saturated carbocycles. The number of hydrogen-bond donors (Lipinski definition) is 2. The second-order valence-corrected chi connectivity index (χ2v) is 6.66. The van der Waals surface area contributed by atoms with Crippen LogP contribution in [-0.4, -0.2) is 53.6 Å². The molecule has 1 aromatic rings. The van der Waals surface area contributed by atoms with Crippen LogP contribution >= 0.6 is 11.3 Å². The summed E-state index contributed by atoms with van der Waals surface area (Å²) in [7, 11) is 1.20. The number of nitrogens with one attached hydrogen (secondary N) is 1. The summed E-state index contributed by atoms with van der Waals surface area (Å²) in [6.07, 6.45) is 0. The Kier molecular flexibility index (Phi) is 3.99. The second-order valence-electron chi connectivity index (χ2n) is 5.68. The molecule has 124 valence electrons. The van der Waals surface area contributed by atoms with Crippen molar-refractivity contribution >= 4 is 29.1 Å². The average molecular weight is 338 g/mol. The maximum absolute atomic E-state index is 12.7. The maximum Gasteiger partial charge on any atom is 0.329 e. The summed E-state index contributed by atoms with van der Waals surface area (Å²) in [5.41, 5.74) is -1.59. The summed E-state index contributed by atoms with van der Waals surface area (Å²) >= 11 is 1.43. The molecule has 8 heteroatoms. The van der Waals surface area contributed by atoms with Gasteiger partial charge in [0.1, 0.15) is 0 Å². The van der Waals surface area contributed by atoms with E-state index in [0.29, 0.717) is 0 Å². The summed E-state index contributed by atoms with van der Waals surface area (Å²) in [5, 5.41) is 14.8. The minimum absolute atomic E-state index is 0.241. The number of methoxy groups -OCH3 is 1. The first-order valence-corrected chi connectivity index (χ1v) is 8.25. The molecule has 2 aliphatic rings. The zero-order valence-corrected chi connectivity index (χ0v) is 13.6. The maximum atomic E-state index is 12.7. The van der Waals surface area contributed by atoms with Gasteiger partial charge in [0.2, 0.25) is 11.8 Å². The Hall–Kier alpha value is -1.77. The highest BCUT2D eigenvalue weighted by Gasteiger charge is 2.68. The molecule has 2 aliphatic heterocycles. The molecule has 7 nitrogen and oxygen atoms in total. The van der Waals surface area contributed by atoms with Crippen LogP contribution in [0.3, 0.4) is 0 Å². The SMILES string of the molecule is CCN1C(=O)C2C(c3cccs3)NC(CO)(C(=O)OC)C2C1=O. The smallest absolute Gasteiger partial charge is 0.329 e. The molecule has 3 rings (SSSR count). The number of nitrogens with zero attached hydrogens (tertiary/aromatic N) is 1. The van der Waals surface area contributed by atoms with Crippen LogP contribution in [0.2, 0.25) is 0 Å². The van der Waals surface area contributed by atoms with Gasteiger partial charge in [0.05, 0.1) is 31.6 Å². The molecule has 2 saturated heterocycles. The molecule has 0 radical (unpaired) electrons. The van der Waals surface area contributed by atoms with E-state index in [1.54, 1.807) is 6.92 Å². The lowest BCUT2D eigenvalue weighted by Gasteiger charge is -2.30. The van der Waals surface area contributed by atoms with Crippen molar-refractivity contribution in [3.05, 3.63) is 22.4 Å². The van der Waals surface area contributed by atoms with Crippen LogP contribution in [0.1, 0.15) is 17.8 Å². The fourth-order valence-electron chi connectivity index (χ4n) is 3.67. The van der Waals surface area contributed by atoms with Gasteiger partial charge >= 0.3 is 5.97 Å². The van der Waals surface area contributed by atoms with E-state index in [2.05, 4.69) is 5.32 Å². The number of imide groups is 1. The molecule has 0 aromatic carbocycles. The van der Waals surface area contributed by atoms with Crippen molar-refractivity contribution < 1.29 is 24.2 Å². The minimum atomic E-state index is -1.59. The third-order valence-electron chi connectivity index (χ3n) is 4.71. The number of amides is 2. The van der Waals surface area contributed by atoms with Crippen molar-refractivity contribution in [1.82, 2.24) is 10.2 Å². The van der Waals surface area contributed by atoms with Crippen LogP contribution in [0.4, 0.5) is 0 Å². The van der Waals surface area contributed by atoms with Crippen LogP contribution in [0.25, 0.3) is 0 Å². The van der Waals surface area contributed by atoms with E-state index in [1.807, 2.05) is 17.5 Å². The van der Waals surface area contributed by atoms with E-state index in [1.165, 1.54) is 18.4 Å². The Bertz CT molecular complexity index is 646. The van der Waals surface area contributed by atoms with E-state index in [-0.39, 0.29) is 12.5 Å². The van der Waals surface area contributed by atoms with Crippen LogP contribution in [0.15, 0.2) is 17.5 Å². The summed E-state index contributed by atoms with van der Waals surface area (Å²) < 4.78 is 4.81. The molecule has 0 aliphatic carbocycles. The molecule has 4 atom stereocenters. The van der Waals surface area contributed by atoms with E-state index in [0.717, 1.165) is 9.78 Å². The van der Waals surface area contributed by atoms with Gasteiger partial charge in [-0.1, -0.05) is 6.07 Å². The number of rotatable bonds is 4. The molecule has 2 amide bonds. The lowest BCUT2D eigenvalue weighted by molar-refractivity contribution is -0.156. The molecule has 0 bridgehead atoms. The second kappa shape index (κ2) is 5.70. The Morgan fingerprint density at radius 1 is 1.48 bits per heavy atom. The zero-order chi connectivity index (χ0) is 16.8. The molecule has 0 spiro atoms. The van der Waals surface area contributed by atoms with Gasteiger partial charge in [-0.15, -0.1) is 11.3 Å². The van der Waals surface area contributed by atoms with Gasteiger partial charge in [-0.3, -0.25) is 19.8 Å². The highest BCUT2D eigenvalue weighted by Crippen LogP contribution is 2.49. The molecule has 1 aromatic heterocycles. The van der Waals surface area contributed by atoms with Gasteiger partial charge in [-0.2, -0.15) is 0 Å². The van der Waals surface area contributed by atoms with Crippen molar-refractivity contribution in [3.8, 4) is 0 Å². The third kappa shape index (κ3) is 2.05. The van der Waals surface area contributed by atoms with Gasteiger partial charge in [-0.25, -0.2) is 4.79 Å². The molecular weight excluding hydrogens is 320 g/mol. The topological polar surface area (TPSA) is 95.9 Å². The molecule has 3 heterocycles. The van der Waals surface area contributed by atoms with E-state index in [4.69, 9.17) is 4.74 Å². The van der Waals surface area contributed by atoms with Crippen molar-refractivity contribution in [3.63, 3.8) is 0 Å². The van der Waals surface area contributed by atoms with Crippen molar-refractivity contribution in [1.29, 1.82) is 0 Å². The third-order valence-corrected chi connectivity index (χ3v) is 5.67. The number of aliphatic hydroxyl groups excluding tert-OH is 1. The number of hydrogen-bond acceptors (Lipinski definition) is 7. The predicted octanol–water partition coefficient (Wildman–Crippen LogP) is -0.0824. The summed E-state index contributed by atoms with van der Waals surface area (Å²) in [5.74, 6) is -3.15. The fraction of sp³-hybridized carbons (Fsp3) is 0.533. The van der Waals surface area contributed by atoms with Crippen molar-refractivity contribution in [2.75, 3.05) is 20.3 Å². The predicted molar refractivity (Wildman–Crippen MR) is 81.4 cm³/mol. The minimum Gasteiger partial charge on any atom is -0.468 e. The Labute approximate surface area is 137 Å². The van der Waals surface area contributed by atoms with E-state index >= 15 is 0 Å². The molecular formula is C15H18N2O5S. The number of fused-ring (bicyclic) bond motifs is 1. The molecule has 4 unspecified atom stereocenters. The monoisotopic (exact) mass is 338 g/mol. The first-order chi connectivity index (χ1) is 11.0. The molecule has 23 heavy (non-hydrogen) atoms. The highest BCUT2D eigenvalue weighted by atomic mass is 32.1. The van der Waals surface area contributed by atoms with Crippen LogP contribution in [-0.2, 0) is 19.1 Å². The van der Waals surface area contributed by atoms with Crippen LogP contribution in [0, 0.1) is 11.8 Å². The zero-order valence-electron chi connectivity index (χ0n) is 12.8. The van der Waals surface area contributed by atoms with E-state index in [9.17, 15) is 19.5 Å². The highest BCUT2D eigenvalue weighted by molar-refractivity contribution is 7.10. The van der Waals surface area contributed by atoms with E-state index < -0.39 is 41.9 Å². The number of carbonyl (C=O) groups is 3. The number of aliphatic hydroxyl groups is 1. The quantitative estimate of drug-likeness (QED) is 0.589. The van der Waals surface area contributed by atoms with Crippen LogP contribution in [0.5, 0.6) is 0 Å². The standard InChI is InChI=1S/C15H18N2O5S/c1-3-17-12(19)9-10(13(17)20)15(7-18,14(21)22-2)16-11(9)8-5-4-6-23-8/h4-6,9-11,16,18H,3,7H2,1-2H3. The van der Waals surface area contributed by atoms with Crippen LogP contribution < -0.4 is 5.32 Å². The largest absolute Gasteiger partial charge is 0.468 e. The van der Waals surface area contributed by atoms with Crippen molar-refractivity contribution in [2.24, 2.45) is 11.8 Å².